The molecule has 6 rings (SSSR count). The molecule has 2 N–H and O–H groups in total. The average molecular weight is 739 g/mol. The van der Waals surface area contributed by atoms with Crippen LogP contribution in [0.1, 0.15) is 71.9 Å². The van der Waals surface area contributed by atoms with Crippen molar-refractivity contribution in [1.82, 2.24) is 19.8 Å². The zero-order valence-corrected chi connectivity index (χ0v) is 31.5. The van der Waals surface area contributed by atoms with Gasteiger partial charge in [0.25, 0.3) is 0 Å². The van der Waals surface area contributed by atoms with Crippen LogP contribution >= 0.6 is 0 Å². The van der Waals surface area contributed by atoms with Crippen molar-refractivity contribution in [1.29, 1.82) is 0 Å². The van der Waals surface area contributed by atoms with Gasteiger partial charge in [0.15, 0.2) is 0 Å². The Labute approximate surface area is 316 Å². The van der Waals surface area contributed by atoms with Gasteiger partial charge < -0.3 is 29.2 Å². The standard InChI is InChI=1S/C42H50N4O8/c1-27-31(25-53-37-17-15-29(41(43-37)51-3)23-45-19-7-11-33(45)21-39(47)48)9-5-13-35(27)36-14-6-10-32(28(36)2)26-54-38-18-16-30(42(44-38)52-4)24-46-20-8-12-34(46)22-40(49)50/h5-6,9-10,13-18,33-34H,7-8,11-12,19-26H2,1-4H3,(H,47,48)(H,49,50). The largest absolute Gasteiger partial charge is 0.481 e. The van der Waals surface area contributed by atoms with Crippen LogP contribution in [0.2, 0.25) is 0 Å². The lowest BCUT2D eigenvalue weighted by atomic mass is 9.92. The predicted octanol–water partition coefficient (Wildman–Crippen LogP) is 6.81. The molecule has 2 aliphatic heterocycles. The summed E-state index contributed by atoms with van der Waals surface area (Å²) < 4.78 is 23.6. The molecule has 2 unspecified atom stereocenters. The van der Waals surface area contributed by atoms with Gasteiger partial charge in [-0.1, -0.05) is 36.4 Å². The van der Waals surface area contributed by atoms with Crippen molar-refractivity contribution in [3.63, 3.8) is 0 Å². The first-order valence-electron chi connectivity index (χ1n) is 18.6. The molecule has 2 aliphatic rings. The van der Waals surface area contributed by atoms with Gasteiger partial charge in [-0.25, -0.2) is 0 Å². The lowest BCUT2D eigenvalue weighted by Crippen LogP contribution is -2.31. The number of ether oxygens (including phenoxy) is 4. The van der Waals surface area contributed by atoms with Crippen molar-refractivity contribution >= 4 is 11.9 Å². The monoisotopic (exact) mass is 738 g/mol. The second-order valence-electron chi connectivity index (χ2n) is 14.1. The normalized spacial score (nSPS) is 17.4. The fraction of sp³-hybridized carbons (Fsp3) is 0.429. The van der Waals surface area contributed by atoms with Crippen LogP contribution in [0.3, 0.4) is 0 Å². The molecule has 2 atom stereocenters. The molecule has 0 amide bonds. The Morgan fingerprint density at radius 3 is 1.46 bits per heavy atom. The number of benzene rings is 2. The van der Waals surface area contributed by atoms with E-state index in [1.54, 1.807) is 14.2 Å². The topological polar surface area (TPSA) is 144 Å². The number of rotatable bonds is 17. The van der Waals surface area contributed by atoms with E-state index in [1.807, 2.05) is 36.4 Å². The van der Waals surface area contributed by atoms with Crippen molar-refractivity contribution in [3.8, 4) is 34.6 Å². The minimum Gasteiger partial charge on any atom is -0.481 e. The number of carboxylic acids is 2. The number of carbonyl (C=O) groups is 2. The molecule has 0 bridgehead atoms. The third-order valence-corrected chi connectivity index (χ3v) is 10.7. The maximum absolute atomic E-state index is 11.3. The third-order valence-electron chi connectivity index (χ3n) is 10.7. The van der Waals surface area contributed by atoms with Crippen LogP contribution in [0, 0.1) is 13.8 Å². The van der Waals surface area contributed by atoms with Gasteiger partial charge in [-0.2, -0.15) is 9.97 Å². The zero-order chi connectivity index (χ0) is 38.2. The fourth-order valence-corrected chi connectivity index (χ4v) is 7.74. The highest BCUT2D eigenvalue weighted by molar-refractivity contribution is 5.72. The number of likely N-dealkylation sites (tertiary alicyclic amines) is 2. The first-order chi connectivity index (χ1) is 26.1. The van der Waals surface area contributed by atoms with Crippen LogP contribution in [0.4, 0.5) is 0 Å². The van der Waals surface area contributed by atoms with E-state index in [0.29, 0.717) is 49.8 Å². The lowest BCUT2D eigenvalue weighted by Gasteiger charge is -2.24. The molecular formula is C42H50N4O8. The Morgan fingerprint density at radius 1 is 0.648 bits per heavy atom. The first-order valence-corrected chi connectivity index (χ1v) is 18.6. The van der Waals surface area contributed by atoms with Crippen molar-refractivity contribution in [3.05, 3.63) is 94.0 Å². The molecule has 0 aliphatic carbocycles. The van der Waals surface area contributed by atoms with Gasteiger partial charge in [0.2, 0.25) is 23.5 Å². The Hall–Kier alpha value is -5.20. The highest BCUT2D eigenvalue weighted by Crippen LogP contribution is 2.33. The van der Waals surface area contributed by atoms with E-state index in [1.165, 1.54) is 0 Å². The van der Waals surface area contributed by atoms with E-state index < -0.39 is 11.9 Å². The minimum absolute atomic E-state index is 0.0160. The molecule has 2 fully saturated rings. The van der Waals surface area contributed by atoms with Crippen LogP contribution in [0.15, 0.2) is 60.7 Å². The van der Waals surface area contributed by atoms with Gasteiger partial charge in [0, 0.05) is 48.4 Å². The molecule has 2 aromatic carbocycles. The highest BCUT2D eigenvalue weighted by Gasteiger charge is 2.29. The molecule has 4 aromatic rings. The molecule has 12 nitrogen and oxygen atoms in total. The van der Waals surface area contributed by atoms with Crippen molar-refractivity contribution in [2.75, 3.05) is 27.3 Å². The first kappa shape index (κ1) is 38.5. The second kappa shape index (κ2) is 17.7. The van der Waals surface area contributed by atoms with E-state index in [2.05, 4.69) is 57.9 Å². The molecule has 2 aromatic heterocycles. The number of pyridine rings is 2. The van der Waals surface area contributed by atoms with Gasteiger partial charge in [0.05, 0.1) is 27.1 Å². The smallest absolute Gasteiger partial charge is 0.304 e. The van der Waals surface area contributed by atoms with E-state index in [4.69, 9.17) is 18.9 Å². The number of carboxylic acid groups (broad SMARTS) is 2. The molecule has 2 saturated heterocycles. The average Bonchev–Trinajstić information content (AvgIpc) is 3.79. The SMILES string of the molecule is COc1nc(OCc2cccc(-c3cccc(COc4ccc(CN5CCCC5CC(=O)O)c(OC)n4)c3C)c2C)ccc1CN1CCCC1CC(=O)O. The summed E-state index contributed by atoms with van der Waals surface area (Å²) >= 11 is 0. The molecule has 4 heterocycles. The Balaban J connectivity index is 1.10. The Bertz CT molecular complexity index is 1810. The minimum atomic E-state index is -0.779. The predicted molar refractivity (Wildman–Crippen MR) is 203 cm³/mol. The molecular weight excluding hydrogens is 688 g/mol. The van der Waals surface area contributed by atoms with Gasteiger partial charge in [0.1, 0.15) is 13.2 Å². The van der Waals surface area contributed by atoms with Gasteiger partial charge in [-0.3, -0.25) is 19.4 Å². The van der Waals surface area contributed by atoms with Gasteiger partial charge >= 0.3 is 11.9 Å². The van der Waals surface area contributed by atoms with Gasteiger partial charge in [-0.15, -0.1) is 0 Å². The zero-order valence-electron chi connectivity index (χ0n) is 31.5. The summed E-state index contributed by atoms with van der Waals surface area (Å²) in [6.45, 7) is 7.70. The number of nitrogens with zero attached hydrogens (tertiary/aromatic N) is 4. The number of methoxy groups -OCH3 is 2. The highest BCUT2D eigenvalue weighted by atomic mass is 16.5. The summed E-state index contributed by atoms with van der Waals surface area (Å²) in [6, 6.07) is 20.0. The van der Waals surface area contributed by atoms with Crippen LogP contribution in [-0.4, -0.2) is 81.3 Å². The van der Waals surface area contributed by atoms with Crippen molar-refractivity contribution < 1.29 is 38.7 Å². The van der Waals surface area contributed by atoms with E-state index in [-0.39, 0.29) is 24.9 Å². The van der Waals surface area contributed by atoms with E-state index in [0.717, 1.165) is 83.3 Å². The maximum Gasteiger partial charge on any atom is 0.304 e. The fourth-order valence-electron chi connectivity index (χ4n) is 7.74. The molecule has 286 valence electrons. The molecule has 12 heteroatoms. The summed E-state index contributed by atoms with van der Waals surface area (Å²) in [5, 5.41) is 18.6. The number of hydrogen-bond donors (Lipinski definition) is 2. The summed E-state index contributed by atoms with van der Waals surface area (Å²) in [5.74, 6) is 0.307. The molecule has 54 heavy (non-hydrogen) atoms. The quantitative estimate of drug-likeness (QED) is 0.117. The second-order valence-corrected chi connectivity index (χ2v) is 14.1. The molecule has 0 spiro atoms. The van der Waals surface area contributed by atoms with Crippen LogP contribution in [-0.2, 0) is 35.9 Å². The summed E-state index contributed by atoms with van der Waals surface area (Å²) in [5.41, 5.74) is 8.28. The molecule has 0 radical (unpaired) electrons. The Morgan fingerprint density at radius 2 is 1.07 bits per heavy atom. The van der Waals surface area contributed by atoms with Crippen molar-refractivity contribution in [2.24, 2.45) is 0 Å². The third kappa shape index (κ3) is 9.29. The van der Waals surface area contributed by atoms with E-state index >= 15 is 0 Å². The van der Waals surface area contributed by atoms with E-state index in [9.17, 15) is 19.8 Å². The lowest BCUT2D eigenvalue weighted by molar-refractivity contribution is -0.139. The summed E-state index contributed by atoms with van der Waals surface area (Å²) in [7, 11) is 3.18. The number of aromatic nitrogens is 2. The van der Waals surface area contributed by atoms with Gasteiger partial charge in [-0.05, 0) is 98.1 Å². The van der Waals surface area contributed by atoms with Crippen molar-refractivity contribution in [2.45, 2.75) is 90.8 Å². The van der Waals surface area contributed by atoms with Crippen LogP contribution in [0.5, 0.6) is 23.5 Å². The summed E-state index contributed by atoms with van der Waals surface area (Å²) in [6.07, 6.45) is 3.98. The number of aliphatic carboxylic acids is 2. The summed E-state index contributed by atoms with van der Waals surface area (Å²) in [4.78, 5) is 36.3. The molecule has 0 saturated carbocycles. The number of hydrogen-bond acceptors (Lipinski definition) is 10. The maximum atomic E-state index is 11.3. The van der Waals surface area contributed by atoms with Crippen LogP contribution in [0.25, 0.3) is 11.1 Å². The Kier molecular flexibility index (Phi) is 12.7. The van der Waals surface area contributed by atoms with Crippen LogP contribution < -0.4 is 18.9 Å².